The van der Waals surface area contributed by atoms with Crippen LogP contribution in [0.5, 0.6) is 0 Å². The van der Waals surface area contributed by atoms with Gasteiger partial charge in [0.1, 0.15) is 0 Å². The minimum Gasteiger partial charge on any atom is -0.0625 e. The Balaban J connectivity index is 2.09. The molecule has 2 aromatic carbocycles. The highest BCUT2D eigenvalue weighted by atomic mass is 127. The van der Waals surface area contributed by atoms with Gasteiger partial charge >= 0.3 is 21.2 Å². The molecule has 1 heteroatoms. The lowest BCUT2D eigenvalue weighted by Crippen LogP contribution is -3.61. The predicted octanol–water partition coefficient (Wildman–Crippen LogP) is 1.32. The third kappa shape index (κ3) is 3.84. The van der Waals surface area contributed by atoms with Gasteiger partial charge in [0, 0.05) is 5.56 Å². The zero-order chi connectivity index (χ0) is 13.0. The zero-order valence-corrected chi connectivity index (χ0v) is 13.4. The number of benzene rings is 2. The fraction of sp³-hybridized carbons (Fsp3) is 0.294. The van der Waals surface area contributed by atoms with Crippen molar-refractivity contribution in [2.24, 2.45) is 5.92 Å². The molecule has 18 heavy (non-hydrogen) atoms. The molecule has 0 aromatic heterocycles. The maximum atomic E-state index is 2.32. The summed E-state index contributed by atoms with van der Waals surface area (Å²) >= 11 is -0.0269. The van der Waals surface area contributed by atoms with E-state index in [4.69, 9.17) is 0 Å². The fourth-order valence-corrected chi connectivity index (χ4v) is 4.31. The number of halogens is 1. The van der Waals surface area contributed by atoms with Crippen molar-refractivity contribution in [2.75, 3.05) is 0 Å². The molecule has 0 radical (unpaired) electrons. The Morgan fingerprint density at radius 1 is 0.944 bits per heavy atom. The maximum Gasteiger partial charge on any atom is 0.358 e. The maximum absolute atomic E-state index is 2.32. The summed E-state index contributed by atoms with van der Waals surface area (Å²) in [5.41, 5.74) is 2.89. The summed E-state index contributed by atoms with van der Waals surface area (Å²) < 4.78 is 3.04. The minimum atomic E-state index is -0.0269. The average Bonchev–Trinajstić information content (AvgIpc) is 2.34. The lowest BCUT2D eigenvalue weighted by Gasteiger charge is -2.03. The normalized spacial score (nSPS) is 10.9. The van der Waals surface area contributed by atoms with E-state index in [0.717, 1.165) is 5.92 Å². The van der Waals surface area contributed by atoms with Crippen molar-refractivity contribution in [3.63, 3.8) is 0 Å². The SMILES string of the molecule is Cc1ccccc1[I+]c1ccc(CC(C)C)cc1. The van der Waals surface area contributed by atoms with Crippen LogP contribution in [0.3, 0.4) is 0 Å². The van der Waals surface area contributed by atoms with Gasteiger partial charge in [-0.2, -0.15) is 0 Å². The molecule has 2 aromatic rings. The number of hydrogen-bond acceptors (Lipinski definition) is 0. The van der Waals surface area contributed by atoms with Crippen LogP contribution >= 0.6 is 0 Å². The monoisotopic (exact) mass is 351 g/mol. The number of hydrogen-bond donors (Lipinski definition) is 0. The van der Waals surface area contributed by atoms with E-state index in [9.17, 15) is 0 Å². The smallest absolute Gasteiger partial charge is 0.0625 e. The van der Waals surface area contributed by atoms with Crippen molar-refractivity contribution in [1.82, 2.24) is 0 Å². The first-order chi connectivity index (χ1) is 8.65. The van der Waals surface area contributed by atoms with Gasteiger partial charge in [0.2, 0.25) is 0 Å². The molecule has 0 heterocycles. The van der Waals surface area contributed by atoms with Crippen molar-refractivity contribution in [1.29, 1.82) is 0 Å². The Hall–Kier alpha value is -0.830. The van der Waals surface area contributed by atoms with Gasteiger partial charge in [0.15, 0.2) is 7.14 Å². The summed E-state index contributed by atoms with van der Waals surface area (Å²) in [5, 5.41) is 0. The fourth-order valence-electron chi connectivity index (χ4n) is 1.93. The van der Waals surface area contributed by atoms with E-state index in [2.05, 4.69) is 69.3 Å². The molecule has 0 saturated carbocycles. The van der Waals surface area contributed by atoms with E-state index in [-0.39, 0.29) is 21.2 Å². The highest BCUT2D eigenvalue weighted by molar-refractivity contribution is 5.16. The molecule has 0 saturated heterocycles. The van der Waals surface area contributed by atoms with E-state index < -0.39 is 0 Å². The predicted molar refractivity (Wildman–Crippen MR) is 73.6 cm³/mol. The standard InChI is InChI=1S/C17H20I/c1-13(2)12-15-8-10-16(11-9-15)18-17-7-5-4-6-14(17)3/h4-11,13H,12H2,1-3H3/q+1. The van der Waals surface area contributed by atoms with E-state index in [1.54, 1.807) is 0 Å². The van der Waals surface area contributed by atoms with Crippen LogP contribution in [-0.4, -0.2) is 0 Å². The number of rotatable bonds is 4. The molecule has 0 nitrogen and oxygen atoms in total. The Morgan fingerprint density at radius 2 is 1.61 bits per heavy atom. The molecule has 0 aliphatic heterocycles. The summed E-state index contributed by atoms with van der Waals surface area (Å²) in [6.07, 6.45) is 1.18. The molecule has 0 aliphatic rings. The highest BCUT2D eigenvalue weighted by Gasteiger charge is 2.17. The first-order valence-electron chi connectivity index (χ1n) is 6.44. The molecule has 0 aliphatic carbocycles. The lowest BCUT2D eigenvalue weighted by molar-refractivity contribution is -0.598. The van der Waals surface area contributed by atoms with Crippen molar-refractivity contribution < 1.29 is 21.2 Å². The first kappa shape index (κ1) is 13.6. The Labute approximate surface area is 121 Å². The van der Waals surface area contributed by atoms with Gasteiger partial charge in [-0.15, -0.1) is 0 Å². The largest absolute Gasteiger partial charge is 0.358 e. The quantitative estimate of drug-likeness (QED) is 0.729. The van der Waals surface area contributed by atoms with Crippen LogP contribution in [0.15, 0.2) is 48.5 Å². The van der Waals surface area contributed by atoms with Crippen molar-refractivity contribution in [2.45, 2.75) is 27.2 Å². The summed E-state index contributed by atoms with van der Waals surface area (Å²) in [6.45, 7) is 6.75. The van der Waals surface area contributed by atoms with Crippen LogP contribution < -0.4 is 21.2 Å². The zero-order valence-electron chi connectivity index (χ0n) is 11.3. The molecular weight excluding hydrogens is 331 g/mol. The molecule has 0 fully saturated rings. The summed E-state index contributed by atoms with van der Waals surface area (Å²) in [4.78, 5) is 0. The third-order valence-corrected chi connectivity index (χ3v) is 5.98. The van der Waals surface area contributed by atoms with Crippen LogP contribution in [0, 0.1) is 20.0 Å². The van der Waals surface area contributed by atoms with Gasteiger partial charge in [-0.25, -0.2) is 0 Å². The Bertz CT molecular complexity index is 497. The molecular formula is C17H20I+. The molecule has 0 amide bonds. The second-order valence-corrected chi connectivity index (χ2v) is 8.02. The van der Waals surface area contributed by atoms with Crippen molar-refractivity contribution in [3.05, 3.63) is 66.8 Å². The van der Waals surface area contributed by atoms with Gasteiger partial charge in [-0.05, 0) is 43.0 Å². The molecule has 0 bridgehead atoms. The highest BCUT2D eigenvalue weighted by Crippen LogP contribution is 2.06. The Kier molecular flexibility index (Phi) is 4.81. The van der Waals surface area contributed by atoms with Gasteiger partial charge in [0.25, 0.3) is 0 Å². The lowest BCUT2D eigenvalue weighted by atomic mass is 10.0. The van der Waals surface area contributed by atoms with Gasteiger partial charge in [-0.3, -0.25) is 0 Å². The van der Waals surface area contributed by atoms with E-state index in [1.165, 1.54) is 24.7 Å². The van der Waals surface area contributed by atoms with Crippen molar-refractivity contribution in [3.8, 4) is 0 Å². The molecule has 94 valence electrons. The molecule has 0 N–H and O–H groups in total. The minimum absolute atomic E-state index is 0.0269. The van der Waals surface area contributed by atoms with Crippen LogP contribution in [0.25, 0.3) is 0 Å². The Morgan fingerprint density at radius 3 is 2.22 bits per heavy atom. The van der Waals surface area contributed by atoms with Crippen LogP contribution in [-0.2, 0) is 6.42 Å². The molecule has 0 unspecified atom stereocenters. The topological polar surface area (TPSA) is 0 Å². The summed E-state index contributed by atoms with van der Waals surface area (Å²) in [7, 11) is 0. The van der Waals surface area contributed by atoms with Crippen molar-refractivity contribution >= 4 is 0 Å². The van der Waals surface area contributed by atoms with E-state index in [0.29, 0.717) is 0 Å². The van der Waals surface area contributed by atoms with Gasteiger partial charge in [0.05, 0.1) is 0 Å². The van der Waals surface area contributed by atoms with Gasteiger partial charge < -0.3 is 0 Å². The second-order valence-electron chi connectivity index (χ2n) is 5.07. The average molecular weight is 351 g/mol. The van der Waals surface area contributed by atoms with Crippen LogP contribution in [0.4, 0.5) is 0 Å². The molecule has 0 atom stereocenters. The summed E-state index contributed by atoms with van der Waals surface area (Å²) in [6, 6.07) is 18.0. The van der Waals surface area contributed by atoms with E-state index in [1.807, 2.05) is 0 Å². The molecule has 2 rings (SSSR count). The first-order valence-corrected chi connectivity index (χ1v) is 8.60. The number of aryl methyl sites for hydroxylation is 1. The molecule has 0 spiro atoms. The van der Waals surface area contributed by atoms with Gasteiger partial charge in [-0.1, -0.05) is 44.2 Å². The van der Waals surface area contributed by atoms with Crippen LogP contribution in [0.2, 0.25) is 0 Å². The van der Waals surface area contributed by atoms with E-state index >= 15 is 0 Å². The third-order valence-electron chi connectivity index (χ3n) is 2.84. The second kappa shape index (κ2) is 6.37. The summed E-state index contributed by atoms with van der Waals surface area (Å²) in [5.74, 6) is 0.738. The van der Waals surface area contributed by atoms with Crippen LogP contribution in [0.1, 0.15) is 25.0 Å².